The molecule has 2 N–H and O–H groups in total. The van der Waals surface area contributed by atoms with Crippen LogP contribution < -0.4 is 10.6 Å². The lowest BCUT2D eigenvalue weighted by Gasteiger charge is -2.06. The van der Waals surface area contributed by atoms with E-state index in [2.05, 4.69) is 50.6 Å². The van der Waals surface area contributed by atoms with Gasteiger partial charge in [-0.2, -0.15) is 0 Å². The molecule has 0 saturated heterocycles. The van der Waals surface area contributed by atoms with E-state index in [9.17, 15) is 0 Å². The summed E-state index contributed by atoms with van der Waals surface area (Å²) in [5.41, 5.74) is 2.06. The molecule has 0 atom stereocenters. The number of halogens is 1. The highest BCUT2D eigenvalue weighted by Gasteiger charge is 2.08. The van der Waals surface area contributed by atoms with Gasteiger partial charge in [0.1, 0.15) is 0 Å². The van der Waals surface area contributed by atoms with Gasteiger partial charge in [0, 0.05) is 16.2 Å². The Morgan fingerprint density at radius 1 is 1.32 bits per heavy atom. The molecule has 102 valence electrons. The number of nitrogens with zero attached hydrogens (tertiary/aromatic N) is 2. The van der Waals surface area contributed by atoms with Crippen LogP contribution in [-0.4, -0.2) is 16.2 Å². The summed E-state index contributed by atoms with van der Waals surface area (Å²) in [4.78, 5) is 0. The van der Waals surface area contributed by atoms with Crippen LogP contribution in [0.1, 0.15) is 25.3 Å². The Bertz CT molecular complexity index is 553. The van der Waals surface area contributed by atoms with Gasteiger partial charge in [-0.1, -0.05) is 34.9 Å². The van der Waals surface area contributed by atoms with E-state index in [1.54, 1.807) is 0 Å². The summed E-state index contributed by atoms with van der Waals surface area (Å²) in [6, 6.07) is 6.76. The first-order valence-corrected chi connectivity index (χ1v) is 6.93. The van der Waals surface area contributed by atoms with Crippen LogP contribution >= 0.6 is 15.9 Å². The molecule has 0 fully saturated rings. The lowest BCUT2D eigenvalue weighted by molar-refractivity contribution is 0.460. The second-order valence-corrected chi connectivity index (χ2v) is 5.54. The average molecular weight is 325 g/mol. The van der Waals surface area contributed by atoms with E-state index in [0.29, 0.717) is 24.5 Å². The number of anilines is 2. The Labute approximate surface area is 120 Å². The van der Waals surface area contributed by atoms with Crippen molar-refractivity contribution in [2.75, 3.05) is 5.32 Å². The van der Waals surface area contributed by atoms with Gasteiger partial charge in [0.05, 0.1) is 6.54 Å². The summed E-state index contributed by atoms with van der Waals surface area (Å²) in [5, 5.41) is 14.3. The van der Waals surface area contributed by atoms with Crippen molar-refractivity contribution >= 4 is 27.6 Å². The zero-order chi connectivity index (χ0) is 13.8. The third-order valence-electron chi connectivity index (χ3n) is 2.56. The van der Waals surface area contributed by atoms with Crippen LogP contribution in [0.3, 0.4) is 0 Å². The fraction of sp³-hybridized carbons (Fsp3) is 0.385. The molecule has 0 amide bonds. The highest BCUT2D eigenvalue weighted by Crippen LogP contribution is 2.23. The zero-order valence-electron chi connectivity index (χ0n) is 11.2. The van der Waals surface area contributed by atoms with Crippen LogP contribution in [0.15, 0.2) is 27.1 Å². The van der Waals surface area contributed by atoms with Gasteiger partial charge in [-0.3, -0.25) is 0 Å². The monoisotopic (exact) mass is 324 g/mol. The normalized spacial score (nSPS) is 11.0. The van der Waals surface area contributed by atoms with Crippen LogP contribution in [0.25, 0.3) is 0 Å². The molecular weight excluding hydrogens is 308 g/mol. The highest BCUT2D eigenvalue weighted by atomic mass is 79.9. The van der Waals surface area contributed by atoms with Crippen LogP contribution in [0.5, 0.6) is 0 Å². The van der Waals surface area contributed by atoms with Crippen molar-refractivity contribution in [2.45, 2.75) is 33.4 Å². The number of hydrogen-bond acceptors (Lipinski definition) is 5. The minimum atomic E-state index is 0.386. The number of hydrogen-bond donors (Lipinski definition) is 2. The molecule has 0 aliphatic carbocycles. The molecule has 2 rings (SSSR count). The molecule has 0 radical (unpaired) electrons. The number of aryl methyl sites for hydroxylation is 1. The predicted octanol–water partition coefficient (Wildman–Crippen LogP) is 3.38. The van der Waals surface area contributed by atoms with Crippen molar-refractivity contribution in [2.24, 2.45) is 0 Å². The second-order valence-electron chi connectivity index (χ2n) is 4.62. The maximum atomic E-state index is 5.52. The van der Waals surface area contributed by atoms with Gasteiger partial charge in [-0.25, -0.2) is 0 Å². The summed E-state index contributed by atoms with van der Waals surface area (Å²) in [5.74, 6) is 0.575. The van der Waals surface area contributed by atoms with Gasteiger partial charge in [-0.15, -0.1) is 5.10 Å². The summed E-state index contributed by atoms with van der Waals surface area (Å²) >= 11 is 3.43. The van der Waals surface area contributed by atoms with Crippen LogP contribution in [0.2, 0.25) is 0 Å². The van der Waals surface area contributed by atoms with Crippen LogP contribution in [0, 0.1) is 6.92 Å². The van der Waals surface area contributed by atoms with E-state index >= 15 is 0 Å². The van der Waals surface area contributed by atoms with Gasteiger partial charge in [0.2, 0.25) is 5.89 Å². The number of aromatic nitrogens is 2. The molecule has 0 spiro atoms. The number of benzene rings is 1. The molecule has 2 aromatic rings. The van der Waals surface area contributed by atoms with Gasteiger partial charge >= 0.3 is 6.01 Å². The van der Waals surface area contributed by atoms with Gasteiger partial charge in [0.25, 0.3) is 0 Å². The third kappa shape index (κ3) is 4.04. The first-order chi connectivity index (χ1) is 9.04. The van der Waals surface area contributed by atoms with Gasteiger partial charge in [0.15, 0.2) is 0 Å². The van der Waals surface area contributed by atoms with Crippen LogP contribution in [-0.2, 0) is 6.54 Å². The molecule has 1 aromatic heterocycles. The van der Waals surface area contributed by atoms with E-state index in [-0.39, 0.29) is 0 Å². The molecule has 0 aliphatic heterocycles. The summed E-state index contributed by atoms with van der Waals surface area (Å²) < 4.78 is 6.56. The molecular formula is C13H17BrN4O. The maximum absolute atomic E-state index is 5.52. The molecule has 1 aromatic carbocycles. The molecule has 6 heteroatoms. The molecule has 0 unspecified atom stereocenters. The molecule has 19 heavy (non-hydrogen) atoms. The van der Waals surface area contributed by atoms with E-state index in [4.69, 9.17) is 4.42 Å². The standard InChI is InChI=1S/C13H17BrN4O/c1-8(2)15-7-12-17-18-13(19-12)16-11-5-4-10(14)6-9(11)3/h4-6,8,15H,7H2,1-3H3,(H,16,18). The number of rotatable bonds is 5. The molecule has 0 saturated carbocycles. The Morgan fingerprint density at radius 2 is 2.11 bits per heavy atom. The van der Waals surface area contributed by atoms with Crippen molar-refractivity contribution in [3.8, 4) is 0 Å². The fourth-order valence-corrected chi connectivity index (χ4v) is 2.03. The lowest BCUT2D eigenvalue weighted by atomic mass is 10.2. The molecule has 0 aliphatic rings. The highest BCUT2D eigenvalue weighted by molar-refractivity contribution is 9.10. The van der Waals surface area contributed by atoms with E-state index in [1.165, 1.54) is 0 Å². The second kappa shape index (κ2) is 6.16. The topological polar surface area (TPSA) is 63.0 Å². The van der Waals surface area contributed by atoms with E-state index < -0.39 is 0 Å². The summed E-state index contributed by atoms with van der Waals surface area (Å²) in [6.07, 6.45) is 0. The summed E-state index contributed by atoms with van der Waals surface area (Å²) in [6.45, 7) is 6.73. The SMILES string of the molecule is Cc1cc(Br)ccc1Nc1nnc(CNC(C)C)o1. The largest absolute Gasteiger partial charge is 0.406 e. The predicted molar refractivity (Wildman–Crippen MR) is 78.4 cm³/mol. The first-order valence-electron chi connectivity index (χ1n) is 6.13. The molecule has 5 nitrogen and oxygen atoms in total. The zero-order valence-corrected chi connectivity index (χ0v) is 12.8. The van der Waals surface area contributed by atoms with Crippen molar-refractivity contribution < 1.29 is 4.42 Å². The molecule has 1 heterocycles. The smallest absolute Gasteiger partial charge is 0.320 e. The first kappa shape index (κ1) is 14.0. The van der Waals surface area contributed by atoms with Crippen molar-refractivity contribution in [1.82, 2.24) is 15.5 Å². The van der Waals surface area contributed by atoms with Crippen molar-refractivity contribution in [3.63, 3.8) is 0 Å². The lowest BCUT2D eigenvalue weighted by Crippen LogP contribution is -2.21. The quantitative estimate of drug-likeness (QED) is 0.882. The van der Waals surface area contributed by atoms with Gasteiger partial charge in [-0.05, 0) is 30.7 Å². The molecule has 0 bridgehead atoms. The third-order valence-corrected chi connectivity index (χ3v) is 3.05. The Hall–Kier alpha value is -1.40. The Kier molecular flexibility index (Phi) is 4.55. The van der Waals surface area contributed by atoms with Crippen LogP contribution in [0.4, 0.5) is 11.7 Å². The summed E-state index contributed by atoms with van der Waals surface area (Å²) in [7, 11) is 0. The maximum Gasteiger partial charge on any atom is 0.320 e. The number of nitrogens with one attached hydrogen (secondary N) is 2. The van der Waals surface area contributed by atoms with Gasteiger partial charge < -0.3 is 15.1 Å². The average Bonchev–Trinajstić information content (AvgIpc) is 2.78. The minimum Gasteiger partial charge on any atom is -0.406 e. The van der Waals surface area contributed by atoms with Crippen molar-refractivity contribution in [3.05, 3.63) is 34.1 Å². The van der Waals surface area contributed by atoms with E-state index in [1.807, 2.05) is 25.1 Å². The Balaban J connectivity index is 2.03. The van der Waals surface area contributed by atoms with Crippen molar-refractivity contribution in [1.29, 1.82) is 0 Å². The Morgan fingerprint density at radius 3 is 2.79 bits per heavy atom. The minimum absolute atomic E-state index is 0.386. The fourth-order valence-electron chi connectivity index (χ4n) is 1.55. The van der Waals surface area contributed by atoms with E-state index in [0.717, 1.165) is 15.7 Å².